The van der Waals surface area contributed by atoms with Crippen LogP contribution in [0.2, 0.25) is 0 Å². The Labute approximate surface area is 121 Å². The lowest BCUT2D eigenvalue weighted by Crippen LogP contribution is -2.67. The van der Waals surface area contributed by atoms with E-state index in [2.05, 4.69) is 0 Å². The largest absolute Gasteiger partial charge is 0.442 e. The maximum absolute atomic E-state index is 11.8. The third-order valence-corrected chi connectivity index (χ3v) is 4.47. The van der Waals surface area contributed by atoms with E-state index in [0.29, 0.717) is 11.4 Å². The first-order valence-electron chi connectivity index (χ1n) is 6.33. The number of hydroxylamine groups is 2. The van der Waals surface area contributed by atoms with Crippen LogP contribution in [0.15, 0.2) is 36.4 Å². The highest BCUT2D eigenvalue weighted by atomic mass is 32.3. The summed E-state index contributed by atoms with van der Waals surface area (Å²) in [4.78, 5) is 0. The minimum Gasteiger partial charge on any atom is -0.392 e. The average molecular weight is 308 g/mol. The Kier molecular flexibility index (Phi) is 2.36. The number of nitrogens with zero attached hydrogens (tertiary/aromatic N) is 2. The second-order valence-electron chi connectivity index (χ2n) is 5.17. The van der Waals surface area contributed by atoms with Gasteiger partial charge in [-0.05, 0) is 24.4 Å². The number of aliphatic hydroxyl groups is 1. The average Bonchev–Trinajstić information content (AvgIpc) is 2.47. The van der Waals surface area contributed by atoms with E-state index in [0.717, 1.165) is 10.8 Å². The summed E-state index contributed by atoms with van der Waals surface area (Å²) in [7, 11) is -4.22. The van der Waals surface area contributed by atoms with Gasteiger partial charge in [0.1, 0.15) is 0 Å². The number of fused-ring (bicyclic) bond motifs is 4. The maximum atomic E-state index is 11.8. The van der Waals surface area contributed by atoms with Crippen molar-refractivity contribution in [3.05, 3.63) is 36.4 Å². The van der Waals surface area contributed by atoms with Gasteiger partial charge >= 0.3 is 10.4 Å². The minimum atomic E-state index is -4.22. The van der Waals surface area contributed by atoms with Crippen LogP contribution in [-0.4, -0.2) is 25.8 Å². The smallest absolute Gasteiger partial charge is 0.392 e. The molecule has 0 radical (unpaired) electrons. The highest BCUT2D eigenvalue weighted by Crippen LogP contribution is 2.48. The summed E-state index contributed by atoms with van der Waals surface area (Å²) < 4.78 is 33.5. The molecule has 2 heterocycles. The van der Waals surface area contributed by atoms with E-state index in [1.54, 1.807) is 31.2 Å². The van der Waals surface area contributed by atoms with Gasteiger partial charge in [-0.1, -0.05) is 24.3 Å². The molecule has 0 unspecified atom stereocenters. The number of hydrogen-bond acceptors (Lipinski definition) is 7. The van der Waals surface area contributed by atoms with Gasteiger partial charge in [0.05, 0.1) is 18.0 Å². The van der Waals surface area contributed by atoms with Crippen LogP contribution in [-0.2, 0) is 19.0 Å². The Hall–Kier alpha value is -1.87. The SMILES string of the molecule is CC1(CO)N2OS(=O)(=O)ON1c1cccc3cccc2c13. The van der Waals surface area contributed by atoms with Gasteiger partial charge in [0, 0.05) is 5.39 Å². The zero-order valence-electron chi connectivity index (χ0n) is 11.1. The van der Waals surface area contributed by atoms with Crippen molar-refractivity contribution in [2.75, 3.05) is 16.7 Å². The summed E-state index contributed by atoms with van der Waals surface area (Å²) in [5, 5.41) is 13.9. The van der Waals surface area contributed by atoms with E-state index < -0.39 is 16.1 Å². The Morgan fingerprint density at radius 3 is 2.10 bits per heavy atom. The van der Waals surface area contributed by atoms with Crippen molar-refractivity contribution in [2.45, 2.75) is 12.6 Å². The molecule has 2 aromatic rings. The lowest BCUT2D eigenvalue weighted by atomic mass is 10.00. The lowest BCUT2D eigenvalue weighted by molar-refractivity contribution is 0.00667. The molecule has 0 aromatic heterocycles. The van der Waals surface area contributed by atoms with E-state index in [4.69, 9.17) is 8.57 Å². The molecule has 21 heavy (non-hydrogen) atoms. The quantitative estimate of drug-likeness (QED) is 0.850. The predicted octanol–water partition coefficient (Wildman–Crippen LogP) is 1.30. The van der Waals surface area contributed by atoms with Gasteiger partial charge in [-0.2, -0.15) is 8.42 Å². The molecule has 4 rings (SSSR count). The van der Waals surface area contributed by atoms with Gasteiger partial charge in [0.25, 0.3) is 0 Å². The summed E-state index contributed by atoms with van der Waals surface area (Å²) in [6.45, 7) is 1.25. The molecular formula is C13H12N2O5S. The first-order chi connectivity index (χ1) is 9.96. The fourth-order valence-electron chi connectivity index (χ4n) is 2.81. The van der Waals surface area contributed by atoms with Gasteiger partial charge in [0.15, 0.2) is 5.66 Å². The van der Waals surface area contributed by atoms with E-state index in [1.165, 1.54) is 10.1 Å². The number of benzene rings is 2. The van der Waals surface area contributed by atoms with E-state index in [1.807, 2.05) is 12.1 Å². The molecule has 1 saturated heterocycles. The van der Waals surface area contributed by atoms with Crippen molar-refractivity contribution in [1.82, 2.24) is 0 Å². The minimum absolute atomic E-state index is 0.382. The maximum Gasteiger partial charge on any atom is 0.442 e. The molecular weight excluding hydrogens is 296 g/mol. The van der Waals surface area contributed by atoms with E-state index >= 15 is 0 Å². The Morgan fingerprint density at radius 1 is 1.10 bits per heavy atom. The summed E-state index contributed by atoms with van der Waals surface area (Å²) in [5.41, 5.74) is -0.0286. The van der Waals surface area contributed by atoms with Crippen LogP contribution in [0.25, 0.3) is 10.8 Å². The topological polar surface area (TPSA) is 79.3 Å². The van der Waals surface area contributed by atoms with Gasteiger partial charge in [-0.25, -0.2) is 10.1 Å². The number of anilines is 2. The highest BCUT2D eigenvalue weighted by molar-refractivity contribution is 7.82. The first kappa shape index (κ1) is 12.8. The standard InChI is InChI=1S/C13H12N2O5S/c1-13(8-16)14-10-6-2-4-9-5-3-7-11(12(9)10)15(13)20-21(17,18)19-14/h2-7,16H,8H2,1H3. The summed E-state index contributed by atoms with van der Waals surface area (Å²) in [5.74, 6) is 0. The van der Waals surface area contributed by atoms with Gasteiger partial charge in [0.2, 0.25) is 0 Å². The van der Waals surface area contributed by atoms with Gasteiger partial charge in [-0.15, -0.1) is 8.57 Å². The van der Waals surface area contributed by atoms with Crippen molar-refractivity contribution >= 4 is 32.5 Å². The fraction of sp³-hybridized carbons (Fsp3) is 0.231. The molecule has 0 aliphatic carbocycles. The molecule has 0 spiro atoms. The normalized spacial score (nSPS) is 21.6. The highest BCUT2D eigenvalue weighted by Gasteiger charge is 2.53. The second-order valence-corrected chi connectivity index (χ2v) is 6.29. The van der Waals surface area contributed by atoms with Gasteiger partial charge in [-0.3, -0.25) is 0 Å². The van der Waals surface area contributed by atoms with Crippen LogP contribution in [0.1, 0.15) is 6.92 Å². The lowest BCUT2D eigenvalue weighted by Gasteiger charge is -2.52. The van der Waals surface area contributed by atoms with E-state index in [-0.39, 0.29) is 6.61 Å². The molecule has 8 heteroatoms. The predicted molar refractivity (Wildman–Crippen MR) is 75.5 cm³/mol. The zero-order chi connectivity index (χ0) is 14.8. The zero-order valence-corrected chi connectivity index (χ0v) is 11.9. The van der Waals surface area contributed by atoms with Crippen molar-refractivity contribution < 1.29 is 22.1 Å². The first-order valence-corrected chi connectivity index (χ1v) is 7.67. The molecule has 1 N–H and O–H groups in total. The summed E-state index contributed by atoms with van der Waals surface area (Å²) >= 11 is 0. The third kappa shape index (κ3) is 1.55. The summed E-state index contributed by atoms with van der Waals surface area (Å²) in [6, 6.07) is 10.9. The molecule has 1 fully saturated rings. The van der Waals surface area contributed by atoms with Crippen LogP contribution >= 0.6 is 0 Å². The molecule has 0 amide bonds. The summed E-state index contributed by atoms with van der Waals surface area (Å²) in [6.07, 6.45) is 0. The van der Waals surface area contributed by atoms with E-state index in [9.17, 15) is 13.5 Å². The second kappa shape index (κ2) is 3.86. The number of rotatable bonds is 1. The molecule has 2 bridgehead atoms. The van der Waals surface area contributed by atoms with Crippen LogP contribution in [0.5, 0.6) is 0 Å². The molecule has 0 atom stereocenters. The monoisotopic (exact) mass is 308 g/mol. The van der Waals surface area contributed by atoms with Crippen LogP contribution in [0, 0.1) is 0 Å². The molecule has 2 aliphatic rings. The molecule has 2 aromatic carbocycles. The third-order valence-electron chi connectivity index (χ3n) is 3.80. The number of hydrogen-bond donors (Lipinski definition) is 1. The Balaban J connectivity index is 2.12. The fourth-order valence-corrected chi connectivity index (χ4v) is 3.68. The molecule has 2 aliphatic heterocycles. The molecule has 0 saturated carbocycles. The Bertz CT molecular complexity index is 796. The molecule has 7 nitrogen and oxygen atoms in total. The van der Waals surface area contributed by atoms with Crippen molar-refractivity contribution in [2.24, 2.45) is 0 Å². The van der Waals surface area contributed by atoms with Crippen molar-refractivity contribution in [1.29, 1.82) is 0 Å². The van der Waals surface area contributed by atoms with Crippen molar-refractivity contribution in [3.63, 3.8) is 0 Å². The van der Waals surface area contributed by atoms with Crippen LogP contribution < -0.4 is 10.1 Å². The Morgan fingerprint density at radius 2 is 1.62 bits per heavy atom. The van der Waals surface area contributed by atoms with Gasteiger partial charge < -0.3 is 5.11 Å². The van der Waals surface area contributed by atoms with Crippen LogP contribution in [0.3, 0.4) is 0 Å². The van der Waals surface area contributed by atoms with Crippen molar-refractivity contribution in [3.8, 4) is 0 Å². The van der Waals surface area contributed by atoms with Crippen LogP contribution in [0.4, 0.5) is 11.4 Å². The number of aliphatic hydroxyl groups excluding tert-OH is 1. The molecule has 110 valence electrons.